The minimum Gasteiger partial charge on any atom is -0.348 e. The highest BCUT2D eigenvalue weighted by molar-refractivity contribution is 6.30. The average Bonchev–Trinajstić information content (AvgIpc) is 2.38. The first-order chi connectivity index (χ1) is 8.25. The zero-order valence-electron chi connectivity index (χ0n) is 9.91. The SMILES string of the molecule is Cl.O=C(NCC1=CCNCC1)c1ccc(Cl)cc1. The van der Waals surface area contributed by atoms with Gasteiger partial charge in [0.05, 0.1) is 0 Å². The van der Waals surface area contributed by atoms with E-state index in [2.05, 4.69) is 16.7 Å². The molecule has 3 nitrogen and oxygen atoms in total. The smallest absolute Gasteiger partial charge is 0.251 e. The number of carbonyl (C=O) groups excluding carboxylic acids is 1. The Bertz CT molecular complexity index is 429. The lowest BCUT2D eigenvalue weighted by atomic mass is 10.1. The second-order valence-electron chi connectivity index (χ2n) is 4.01. The fourth-order valence-corrected chi connectivity index (χ4v) is 1.85. The predicted molar refractivity (Wildman–Crippen MR) is 76.6 cm³/mol. The summed E-state index contributed by atoms with van der Waals surface area (Å²) < 4.78 is 0. The Balaban J connectivity index is 0.00000162. The maximum Gasteiger partial charge on any atom is 0.251 e. The van der Waals surface area contributed by atoms with E-state index in [1.54, 1.807) is 24.3 Å². The van der Waals surface area contributed by atoms with Crippen molar-refractivity contribution in [1.82, 2.24) is 10.6 Å². The van der Waals surface area contributed by atoms with Crippen LogP contribution in [-0.2, 0) is 0 Å². The van der Waals surface area contributed by atoms with Crippen LogP contribution in [0, 0.1) is 0 Å². The largest absolute Gasteiger partial charge is 0.348 e. The van der Waals surface area contributed by atoms with Gasteiger partial charge in [0.2, 0.25) is 0 Å². The molecule has 98 valence electrons. The van der Waals surface area contributed by atoms with Crippen molar-refractivity contribution >= 4 is 29.9 Å². The van der Waals surface area contributed by atoms with Crippen LogP contribution < -0.4 is 10.6 Å². The molecule has 0 atom stereocenters. The molecule has 0 bridgehead atoms. The van der Waals surface area contributed by atoms with Gasteiger partial charge in [-0.1, -0.05) is 23.3 Å². The third-order valence-corrected chi connectivity index (χ3v) is 2.99. The Hall–Kier alpha value is -1.03. The zero-order valence-corrected chi connectivity index (χ0v) is 11.5. The third-order valence-electron chi connectivity index (χ3n) is 2.74. The van der Waals surface area contributed by atoms with Crippen LogP contribution in [0.5, 0.6) is 0 Å². The zero-order chi connectivity index (χ0) is 12.1. The van der Waals surface area contributed by atoms with Crippen LogP contribution in [0.4, 0.5) is 0 Å². The molecule has 1 amide bonds. The van der Waals surface area contributed by atoms with Crippen LogP contribution in [0.1, 0.15) is 16.8 Å². The lowest BCUT2D eigenvalue weighted by Crippen LogP contribution is -2.29. The molecule has 0 radical (unpaired) electrons. The van der Waals surface area contributed by atoms with Gasteiger partial charge in [-0.15, -0.1) is 12.4 Å². The van der Waals surface area contributed by atoms with Crippen molar-refractivity contribution in [2.45, 2.75) is 6.42 Å². The lowest BCUT2D eigenvalue weighted by molar-refractivity contribution is 0.0956. The molecule has 0 spiro atoms. The highest BCUT2D eigenvalue weighted by Crippen LogP contribution is 2.09. The normalized spacial score (nSPS) is 14.4. The van der Waals surface area contributed by atoms with Crippen LogP contribution in [0.2, 0.25) is 5.02 Å². The van der Waals surface area contributed by atoms with Gasteiger partial charge < -0.3 is 10.6 Å². The number of halogens is 2. The number of nitrogens with one attached hydrogen (secondary N) is 2. The molecule has 1 aromatic carbocycles. The van der Waals surface area contributed by atoms with Gasteiger partial charge in [-0.2, -0.15) is 0 Å². The maximum atomic E-state index is 11.8. The Labute approximate surface area is 118 Å². The van der Waals surface area contributed by atoms with Crippen molar-refractivity contribution in [2.75, 3.05) is 19.6 Å². The number of carbonyl (C=O) groups is 1. The standard InChI is InChI=1S/C13H15ClN2O.ClH/c14-12-3-1-11(2-4-12)13(17)16-9-10-5-7-15-8-6-10;/h1-5,15H,6-9H2,(H,16,17);1H. The Kier molecular flexibility index (Phi) is 6.19. The molecule has 0 aromatic heterocycles. The van der Waals surface area contributed by atoms with Crippen LogP contribution in [-0.4, -0.2) is 25.5 Å². The monoisotopic (exact) mass is 286 g/mol. The molecule has 1 aliphatic heterocycles. The Morgan fingerprint density at radius 2 is 2.06 bits per heavy atom. The molecule has 5 heteroatoms. The first-order valence-corrected chi connectivity index (χ1v) is 6.06. The number of hydrogen-bond acceptors (Lipinski definition) is 2. The van der Waals surface area contributed by atoms with Gasteiger partial charge in [-0.3, -0.25) is 4.79 Å². The highest BCUT2D eigenvalue weighted by atomic mass is 35.5. The molecule has 18 heavy (non-hydrogen) atoms. The average molecular weight is 287 g/mol. The molecule has 1 aromatic rings. The highest BCUT2D eigenvalue weighted by Gasteiger charge is 2.07. The topological polar surface area (TPSA) is 41.1 Å². The first-order valence-electron chi connectivity index (χ1n) is 5.68. The van der Waals surface area contributed by atoms with Crippen molar-refractivity contribution in [1.29, 1.82) is 0 Å². The summed E-state index contributed by atoms with van der Waals surface area (Å²) in [6.45, 7) is 2.51. The van der Waals surface area contributed by atoms with Gasteiger partial charge in [0, 0.05) is 23.7 Å². The molecule has 0 aliphatic carbocycles. The van der Waals surface area contributed by atoms with E-state index in [4.69, 9.17) is 11.6 Å². The second kappa shape index (κ2) is 7.41. The van der Waals surface area contributed by atoms with E-state index in [0.29, 0.717) is 17.1 Å². The Morgan fingerprint density at radius 1 is 1.33 bits per heavy atom. The molecule has 2 N–H and O–H groups in total. The molecule has 2 rings (SSSR count). The van der Waals surface area contributed by atoms with Gasteiger partial charge in [0.15, 0.2) is 0 Å². The summed E-state index contributed by atoms with van der Waals surface area (Å²) in [6, 6.07) is 6.91. The summed E-state index contributed by atoms with van der Waals surface area (Å²) in [5.74, 6) is -0.0545. The van der Waals surface area contributed by atoms with Gasteiger partial charge in [-0.25, -0.2) is 0 Å². The first kappa shape index (κ1) is 15.0. The maximum absolute atomic E-state index is 11.8. The van der Waals surface area contributed by atoms with E-state index in [0.717, 1.165) is 19.5 Å². The summed E-state index contributed by atoms with van der Waals surface area (Å²) >= 11 is 5.77. The van der Waals surface area contributed by atoms with E-state index < -0.39 is 0 Å². The summed E-state index contributed by atoms with van der Waals surface area (Å²) in [5, 5.41) is 6.79. The van der Waals surface area contributed by atoms with Crippen molar-refractivity contribution in [2.24, 2.45) is 0 Å². The summed E-state index contributed by atoms with van der Waals surface area (Å²) in [6.07, 6.45) is 3.13. The molecule has 1 heterocycles. The second-order valence-corrected chi connectivity index (χ2v) is 4.44. The molecule has 0 saturated carbocycles. The molecule has 0 fully saturated rings. The van der Waals surface area contributed by atoms with E-state index in [1.807, 2.05) is 0 Å². The molecular weight excluding hydrogens is 271 g/mol. The van der Waals surface area contributed by atoms with Crippen molar-refractivity contribution in [3.8, 4) is 0 Å². The van der Waals surface area contributed by atoms with E-state index in [-0.39, 0.29) is 18.3 Å². The minimum atomic E-state index is -0.0545. The van der Waals surface area contributed by atoms with Crippen molar-refractivity contribution in [3.63, 3.8) is 0 Å². The van der Waals surface area contributed by atoms with E-state index in [9.17, 15) is 4.79 Å². The summed E-state index contributed by atoms with van der Waals surface area (Å²) in [7, 11) is 0. The summed E-state index contributed by atoms with van der Waals surface area (Å²) in [5.41, 5.74) is 1.93. The fraction of sp³-hybridized carbons (Fsp3) is 0.308. The number of benzene rings is 1. The number of rotatable bonds is 3. The summed E-state index contributed by atoms with van der Waals surface area (Å²) in [4.78, 5) is 11.8. The van der Waals surface area contributed by atoms with Gasteiger partial charge in [-0.05, 0) is 37.2 Å². The number of hydrogen-bond donors (Lipinski definition) is 2. The quantitative estimate of drug-likeness (QED) is 0.838. The van der Waals surface area contributed by atoms with E-state index in [1.165, 1.54) is 5.57 Å². The van der Waals surface area contributed by atoms with E-state index >= 15 is 0 Å². The molecular formula is C13H16Cl2N2O. The Morgan fingerprint density at radius 3 is 2.67 bits per heavy atom. The van der Waals surface area contributed by atoms with Gasteiger partial charge in [0.25, 0.3) is 5.91 Å². The van der Waals surface area contributed by atoms with Crippen LogP contribution in [0.15, 0.2) is 35.9 Å². The van der Waals surface area contributed by atoms with Crippen molar-refractivity contribution in [3.05, 3.63) is 46.5 Å². The molecule has 0 unspecified atom stereocenters. The van der Waals surface area contributed by atoms with Crippen LogP contribution in [0.25, 0.3) is 0 Å². The van der Waals surface area contributed by atoms with Gasteiger partial charge in [0.1, 0.15) is 0 Å². The fourth-order valence-electron chi connectivity index (χ4n) is 1.73. The predicted octanol–water partition coefficient (Wildman–Crippen LogP) is 2.41. The lowest BCUT2D eigenvalue weighted by Gasteiger charge is -2.14. The van der Waals surface area contributed by atoms with Gasteiger partial charge >= 0.3 is 0 Å². The van der Waals surface area contributed by atoms with Crippen LogP contribution >= 0.6 is 24.0 Å². The molecule has 0 saturated heterocycles. The molecule has 1 aliphatic rings. The number of amides is 1. The van der Waals surface area contributed by atoms with Crippen molar-refractivity contribution < 1.29 is 4.79 Å². The minimum absolute atomic E-state index is 0. The third kappa shape index (κ3) is 4.33. The van der Waals surface area contributed by atoms with Crippen LogP contribution in [0.3, 0.4) is 0 Å².